The van der Waals surface area contributed by atoms with E-state index < -0.39 is 0 Å². The van der Waals surface area contributed by atoms with Crippen LogP contribution in [0.2, 0.25) is 0 Å². The van der Waals surface area contributed by atoms with Crippen molar-refractivity contribution >= 4 is 11.0 Å². The lowest BCUT2D eigenvalue weighted by Gasteiger charge is -2.31. The minimum Gasteiger partial charge on any atom is -0.478 e. The van der Waals surface area contributed by atoms with Gasteiger partial charge in [-0.3, -0.25) is 9.80 Å². The minimum atomic E-state index is -0.253. The molecular formula is C26H30N2O4. The minimum absolute atomic E-state index is 0.253. The molecule has 168 valence electrons. The van der Waals surface area contributed by atoms with Crippen LogP contribution in [0.4, 0.5) is 0 Å². The third-order valence-electron chi connectivity index (χ3n) is 6.58. The van der Waals surface area contributed by atoms with E-state index in [1.807, 2.05) is 49.4 Å². The predicted octanol–water partition coefficient (Wildman–Crippen LogP) is 3.57. The topological polar surface area (TPSA) is 55.2 Å². The van der Waals surface area contributed by atoms with Gasteiger partial charge in [0.15, 0.2) is 0 Å². The van der Waals surface area contributed by atoms with Crippen molar-refractivity contribution in [2.24, 2.45) is 0 Å². The molecule has 0 aliphatic carbocycles. The lowest BCUT2D eigenvalue weighted by molar-refractivity contribution is 0.0330. The third kappa shape index (κ3) is 4.44. The van der Waals surface area contributed by atoms with Gasteiger partial charge in [0.1, 0.15) is 18.1 Å². The molecule has 6 nitrogen and oxygen atoms in total. The largest absolute Gasteiger partial charge is 0.478 e. The van der Waals surface area contributed by atoms with E-state index in [0.29, 0.717) is 18.7 Å². The van der Waals surface area contributed by atoms with Gasteiger partial charge in [-0.2, -0.15) is 0 Å². The second-order valence-corrected chi connectivity index (χ2v) is 8.71. The number of nitrogens with zero attached hydrogens (tertiary/aromatic N) is 2. The van der Waals surface area contributed by atoms with E-state index >= 15 is 0 Å². The predicted molar refractivity (Wildman–Crippen MR) is 124 cm³/mol. The van der Waals surface area contributed by atoms with Crippen molar-refractivity contribution in [1.29, 1.82) is 0 Å². The monoisotopic (exact) mass is 434 g/mol. The lowest BCUT2D eigenvalue weighted by atomic mass is 9.98. The summed E-state index contributed by atoms with van der Waals surface area (Å²) in [6, 6.07) is 14.1. The fourth-order valence-electron chi connectivity index (χ4n) is 4.70. The second-order valence-electron chi connectivity index (χ2n) is 8.71. The van der Waals surface area contributed by atoms with Gasteiger partial charge in [0.2, 0.25) is 0 Å². The van der Waals surface area contributed by atoms with Gasteiger partial charge in [0.25, 0.3) is 0 Å². The summed E-state index contributed by atoms with van der Waals surface area (Å²) in [7, 11) is 0. The van der Waals surface area contributed by atoms with Crippen LogP contribution in [-0.2, 0) is 17.7 Å². The van der Waals surface area contributed by atoms with Crippen LogP contribution in [0.25, 0.3) is 11.0 Å². The fourth-order valence-corrected chi connectivity index (χ4v) is 4.70. The first-order valence-electron chi connectivity index (χ1n) is 11.5. The first-order valence-corrected chi connectivity index (χ1v) is 11.5. The van der Waals surface area contributed by atoms with Crippen molar-refractivity contribution in [3.63, 3.8) is 0 Å². The molecule has 1 fully saturated rings. The van der Waals surface area contributed by atoms with Crippen LogP contribution in [0.3, 0.4) is 0 Å². The van der Waals surface area contributed by atoms with E-state index in [2.05, 4.69) is 9.80 Å². The Hall–Kier alpha value is -2.67. The summed E-state index contributed by atoms with van der Waals surface area (Å²) in [6.45, 7) is 9.02. The van der Waals surface area contributed by atoms with Crippen molar-refractivity contribution in [1.82, 2.24) is 9.80 Å². The van der Waals surface area contributed by atoms with Crippen LogP contribution in [0.5, 0.6) is 5.75 Å². The maximum Gasteiger partial charge on any atom is 0.340 e. The highest BCUT2D eigenvalue weighted by molar-refractivity contribution is 5.86. The van der Waals surface area contributed by atoms with Crippen molar-refractivity contribution in [2.75, 3.05) is 46.1 Å². The Morgan fingerprint density at radius 1 is 0.969 bits per heavy atom. The molecule has 5 rings (SSSR count). The Labute approximate surface area is 188 Å². The molecule has 1 aromatic heterocycles. The Kier molecular flexibility index (Phi) is 6.26. The zero-order chi connectivity index (χ0) is 21.9. The molecule has 6 heteroatoms. The normalized spacial score (nSPS) is 17.3. The van der Waals surface area contributed by atoms with E-state index in [-0.39, 0.29) is 5.63 Å². The summed E-state index contributed by atoms with van der Waals surface area (Å²) < 4.78 is 17.4. The molecule has 2 aliphatic heterocycles. The summed E-state index contributed by atoms with van der Waals surface area (Å²) in [5.74, 6) is 0.820. The smallest absolute Gasteiger partial charge is 0.340 e. The van der Waals surface area contributed by atoms with Gasteiger partial charge in [0.05, 0.1) is 18.8 Å². The summed E-state index contributed by atoms with van der Waals surface area (Å²) >= 11 is 0. The van der Waals surface area contributed by atoms with Gasteiger partial charge < -0.3 is 13.9 Å². The van der Waals surface area contributed by atoms with E-state index in [9.17, 15) is 4.79 Å². The average Bonchev–Trinajstić information content (AvgIpc) is 2.83. The molecule has 3 aromatic rings. The van der Waals surface area contributed by atoms with E-state index in [0.717, 1.165) is 85.7 Å². The van der Waals surface area contributed by atoms with Gasteiger partial charge >= 0.3 is 5.63 Å². The van der Waals surface area contributed by atoms with Crippen molar-refractivity contribution in [3.05, 3.63) is 75.1 Å². The molecule has 32 heavy (non-hydrogen) atoms. The molecule has 0 unspecified atom stereocenters. The fraction of sp³-hybridized carbons (Fsp3) is 0.423. The molecule has 0 bridgehead atoms. The number of aryl methyl sites for hydroxylation is 1. The Balaban J connectivity index is 1.35. The van der Waals surface area contributed by atoms with Gasteiger partial charge in [-0.05, 0) is 43.1 Å². The highest BCUT2D eigenvalue weighted by atomic mass is 16.5. The van der Waals surface area contributed by atoms with Crippen LogP contribution >= 0.6 is 0 Å². The van der Waals surface area contributed by atoms with Crippen LogP contribution in [0.15, 0.2) is 51.7 Å². The Morgan fingerprint density at radius 3 is 2.56 bits per heavy atom. The molecule has 1 saturated heterocycles. The van der Waals surface area contributed by atoms with Crippen LogP contribution < -0.4 is 10.4 Å². The number of rotatable bonds is 6. The van der Waals surface area contributed by atoms with E-state index in [1.54, 1.807) is 0 Å². The number of benzene rings is 2. The number of fused-ring (bicyclic) bond motifs is 3. The molecule has 2 aromatic carbocycles. The van der Waals surface area contributed by atoms with Gasteiger partial charge in [0, 0.05) is 43.5 Å². The third-order valence-corrected chi connectivity index (χ3v) is 6.58. The molecule has 0 amide bonds. The number of ether oxygens (including phenoxy) is 2. The van der Waals surface area contributed by atoms with Crippen molar-refractivity contribution in [2.45, 2.75) is 26.3 Å². The lowest BCUT2D eigenvalue weighted by Crippen LogP contribution is -2.39. The van der Waals surface area contributed by atoms with Gasteiger partial charge in [-0.1, -0.05) is 30.3 Å². The molecule has 2 aliphatic rings. The van der Waals surface area contributed by atoms with E-state index in [4.69, 9.17) is 13.9 Å². The quantitative estimate of drug-likeness (QED) is 0.553. The Morgan fingerprint density at radius 2 is 1.75 bits per heavy atom. The first-order chi connectivity index (χ1) is 15.7. The number of hydrogen-bond acceptors (Lipinski definition) is 6. The summed E-state index contributed by atoms with van der Waals surface area (Å²) in [5, 5.41) is 0.994. The molecule has 0 saturated carbocycles. The molecule has 0 radical (unpaired) electrons. The molecule has 3 heterocycles. The van der Waals surface area contributed by atoms with E-state index in [1.165, 1.54) is 0 Å². The van der Waals surface area contributed by atoms with Gasteiger partial charge in [-0.15, -0.1) is 0 Å². The standard InChI is InChI=1S/C26H30N2O4/c1-19-21-8-9-24-23(17-28(18-31-24)11-5-10-27-12-14-30-15-13-27)25(21)32-26(29)22(19)16-20-6-3-2-4-7-20/h2-4,6-9H,5,10-18H2,1H3. The zero-order valence-electron chi connectivity index (χ0n) is 18.6. The van der Waals surface area contributed by atoms with Crippen molar-refractivity contribution < 1.29 is 13.9 Å². The average molecular weight is 435 g/mol. The second kappa shape index (κ2) is 9.45. The maximum absolute atomic E-state index is 12.9. The van der Waals surface area contributed by atoms with Crippen molar-refractivity contribution in [3.8, 4) is 5.75 Å². The highest BCUT2D eigenvalue weighted by Crippen LogP contribution is 2.34. The molecule has 0 N–H and O–H groups in total. The molecule has 0 atom stereocenters. The van der Waals surface area contributed by atoms with Crippen LogP contribution in [0, 0.1) is 6.92 Å². The summed E-state index contributed by atoms with van der Waals surface area (Å²) in [6.07, 6.45) is 1.65. The number of morpholine rings is 1. The summed E-state index contributed by atoms with van der Waals surface area (Å²) in [5.41, 5.74) is 4.22. The summed E-state index contributed by atoms with van der Waals surface area (Å²) in [4.78, 5) is 17.7. The maximum atomic E-state index is 12.9. The first kappa shape index (κ1) is 21.2. The van der Waals surface area contributed by atoms with Crippen LogP contribution in [0.1, 0.15) is 28.7 Å². The Bertz CT molecular complexity index is 1140. The SMILES string of the molecule is Cc1c(Cc2ccccc2)c(=O)oc2c3c(ccc12)OCN(CCCN1CCOCC1)C3. The zero-order valence-corrected chi connectivity index (χ0v) is 18.6. The molecule has 0 spiro atoms. The number of hydrogen-bond donors (Lipinski definition) is 0. The highest BCUT2D eigenvalue weighted by Gasteiger charge is 2.23. The van der Waals surface area contributed by atoms with Gasteiger partial charge in [-0.25, -0.2) is 4.79 Å². The van der Waals surface area contributed by atoms with Crippen LogP contribution in [-0.4, -0.2) is 55.9 Å². The molecular weight excluding hydrogens is 404 g/mol.